The van der Waals surface area contributed by atoms with Crippen molar-refractivity contribution in [2.75, 3.05) is 7.11 Å². The molecule has 0 aliphatic carbocycles. The number of aryl methyl sites for hydroxylation is 1. The van der Waals surface area contributed by atoms with Crippen LogP contribution in [-0.4, -0.2) is 17.4 Å². The fourth-order valence-electron chi connectivity index (χ4n) is 3.90. The second-order valence-corrected chi connectivity index (χ2v) is 8.01. The van der Waals surface area contributed by atoms with Crippen LogP contribution in [0.5, 0.6) is 5.75 Å². The van der Waals surface area contributed by atoms with Crippen molar-refractivity contribution in [1.82, 2.24) is 4.57 Å². The molecule has 0 unspecified atom stereocenters. The van der Waals surface area contributed by atoms with E-state index >= 15 is 0 Å². The smallest absolute Gasteiger partial charge is 0.142 e. The number of hydrogen-bond acceptors (Lipinski definition) is 3. The van der Waals surface area contributed by atoms with Crippen molar-refractivity contribution in [1.29, 1.82) is 0 Å². The highest BCUT2D eigenvalue weighted by molar-refractivity contribution is 6.01. The maximum atomic E-state index is 13.1. The summed E-state index contributed by atoms with van der Waals surface area (Å²) in [5.41, 5.74) is 8.04. The van der Waals surface area contributed by atoms with E-state index < -0.39 is 0 Å². The van der Waals surface area contributed by atoms with Gasteiger partial charge in [-0.2, -0.15) is 0 Å². The van der Waals surface area contributed by atoms with E-state index in [1.807, 2.05) is 25.1 Å². The molecule has 4 aromatic rings. The average Bonchev–Trinajstić information content (AvgIpc) is 3.17. The number of hydrogen-bond donors (Lipinski definition) is 0. The molecule has 0 saturated heterocycles. The number of nitrogens with zero attached hydrogens (tertiary/aromatic N) is 2. The zero-order valence-electron chi connectivity index (χ0n) is 19.3. The molecule has 0 fully saturated rings. The van der Waals surface area contributed by atoms with Crippen LogP contribution in [0, 0.1) is 19.7 Å². The van der Waals surface area contributed by atoms with E-state index in [0.717, 1.165) is 45.2 Å². The van der Waals surface area contributed by atoms with Crippen molar-refractivity contribution >= 4 is 5.71 Å². The lowest BCUT2D eigenvalue weighted by molar-refractivity contribution is 0.130. The Labute approximate surface area is 193 Å². The zero-order chi connectivity index (χ0) is 23.4. The van der Waals surface area contributed by atoms with Crippen LogP contribution in [0.4, 0.5) is 4.39 Å². The number of methoxy groups -OCH3 is 1. The van der Waals surface area contributed by atoms with Crippen LogP contribution >= 0.6 is 0 Å². The van der Waals surface area contributed by atoms with Gasteiger partial charge >= 0.3 is 0 Å². The summed E-state index contributed by atoms with van der Waals surface area (Å²) in [4.78, 5) is 5.58. The van der Waals surface area contributed by atoms with Crippen LogP contribution in [-0.2, 0) is 11.4 Å². The lowest BCUT2D eigenvalue weighted by atomic mass is 10.1. The first kappa shape index (κ1) is 22.3. The van der Waals surface area contributed by atoms with Gasteiger partial charge in [-0.3, -0.25) is 0 Å². The molecule has 1 aromatic heterocycles. The minimum Gasteiger partial charge on any atom is -0.497 e. The quantitative estimate of drug-likeness (QED) is 0.232. The van der Waals surface area contributed by atoms with Gasteiger partial charge in [0.1, 0.15) is 18.2 Å². The number of ether oxygens (including phenoxy) is 1. The molecule has 3 aromatic carbocycles. The summed E-state index contributed by atoms with van der Waals surface area (Å²) in [6.07, 6.45) is 0. The van der Waals surface area contributed by atoms with Crippen molar-refractivity contribution in [2.45, 2.75) is 27.4 Å². The number of halogens is 1. The van der Waals surface area contributed by atoms with Crippen LogP contribution < -0.4 is 4.74 Å². The molecule has 168 valence electrons. The Bertz CT molecular complexity index is 1290. The van der Waals surface area contributed by atoms with Gasteiger partial charge in [0.25, 0.3) is 0 Å². The van der Waals surface area contributed by atoms with Gasteiger partial charge < -0.3 is 14.1 Å². The normalized spacial score (nSPS) is 11.5. The SMILES string of the molecule is COc1cccc(-c2cc(/C(C)=N\OCc3ccc(F)cc3)c(C)n2-c2cccc(C)c2)c1. The Morgan fingerprint density at radius 2 is 1.70 bits per heavy atom. The molecule has 33 heavy (non-hydrogen) atoms. The highest BCUT2D eigenvalue weighted by Gasteiger charge is 2.17. The Morgan fingerprint density at radius 1 is 0.939 bits per heavy atom. The van der Waals surface area contributed by atoms with E-state index in [0.29, 0.717) is 0 Å². The molecule has 5 heteroatoms. The third kappa shape index (κ3) is 4.98. The number of benzene rings is 3. The van der Waals surface area contributed by atoms with Gasteiger partial charge in [-0.15, -0.1) is 0 Å². The highest BCUT2D eigenvalue weighted by Crippen LogP contribution is 2.32. The second kappa shape index (κ2) is 9.74. The molecule has 4 nitrogen and oxygen atoms in total. The lowest BCUT2D eigenvalue weighted by Gasteiger charge is -2.14. The van der Waals surface area contributed by atoms with Gasteiger partial charge in [0.2, 0.25) is 0 Å². The standard InChI is InChI=1S/C28H27FN2O2/c1-19-7-5-9-25(15-19)31-21(3)27(17-28(31)23-8-6-10-26(16-23)32-4)20(2)30-33-18-22-11-13-24(29)14-12-22/h5-17H,18H2,1-4H3/b30-20-. The van der Waals surface area contributed by atoms with E-state index in [4.69, 9.17) is 9.57 Å². The largest absolute Gasteiger partial charge is 0.497 e. The summed E-state index contributed by atoms with van der Waals surface area (Å²) < 4.78 is 20.8. The molecule has 1 heterocycles. The lowest BCUT2D eigenvalue weighted by Crippen LogP contribution is -2.03. The maximum absolute atomic E-state index is 13.1. The molecule has 4 rings (SSSR count). The molecule has 0 N–H and O–H groups in total. The maximum Gasteiger partial charge on any atom is 0.142 e. The number of rotatable bonds is 7. The molecule has 0 saturated carbocycles. The van der Waals surface area contributed by atoms with Crippen LogP contribution in [0.2, 0.25) is 0 Å². The predicted molar refractivity (Wildman–Crippen MR) is 131 cm³/mol. The Morgan fingerprint density at radius 3 is 2.42 bits per heavy atom. The number of aromatic nitrogens is 1. The predicted octanol–water partition coefficient (Wildman–Crippen LogP) is 6.85. The Hall–Kier alpha value is -3.86. The van der Waals surface area contributed by atoms with Gasteiger partial charge in [0.05, 0.1) is 18.5 Å². The summed E-state index contributed by atoms with van der Waals surface area (Å²) >= 11 is 0. The van der Waals surface area contributed by atoms with Gasteiger partial charge in [-0.1, -0.05) is 41.6 Å². The van der Waals surface area contributed by atoms with E-state index in [1.54, 1.807) is 19.2 Å². The average molecular weight is 443 g/mol. The Kier molecular flexibility index (Phi) is 6.59. The van der Waals surface area contributed by atoms with Gasteiger partial charge in [0, 0.05) is 22.5 Å². The molecule has 0 radical (unpaired) electrons. The first-order chi connectivity index (χ1) is 16.0. The monoisotopic (exact) mass is 442 g/mol. The van der Waals surface area contributed by atoms with Crippen LogP contribution in [0.1, 0.15) is 29.3 Å². The third-order valence-electron chi connectivity index (χ3n) is 5.61. The minimum atomic E-state index is -0.267. The van der Waals surface area contributed by atoms with Crippen molar-refractivity contribution < 1.29 is 14.0 Å². The third-order valence-corrected chi connectivity index (χ3v) is 5.61. The number of oxime groups is 1. The fourth-order valence-corrected chi connectivity index (χ4v) is 3.90. The van der Waals surface area contributed by atoms with Crippen LogP contribution in [0.15, 0.2) is 84.0 Å². The van der Waals surface area contributed by atoms with Crippen LogP contribution in [0.3, 0.4) is 0 Å². The van der Waals surface area contributed by atoms with E-state index in [2.05, 4.69) is 60.0 Å². The van der Waals surface area contributed by atoms with E-state index in [1.165, 1.54) is 17.7 Å². The van der Waals surface area contributed by atoms with Crippen molar-refractivity contribution in [3.05, 3.63) is 107 Å². The van der Waals surface area contributed by atoms with Crippen LogP contribution in [0.25, 0.3) is 16.9 Å². The molecule has 0 atom stereocenters. The minimum absolute atomic E-state index is 0.267. The summed E-state index contributed by atoms with van der Waals surface area (Å²) in [6, 6.07) is 24.8. The first-order valence-corrected chi connectivity index (χ1v) is 10.8. The van der Waals surface area contributed by atoms with Gasteiger partial charge in [0.15, 0.2) is 0 Å². The van der Waals surface area contributed by atoms with E-state index in [-0.39, 0.29) is 12.4 Å². The Balaban J connectivity index is 1.73. The second-order valence-electron chi connectivity index (χ2n) is 8.01. The molecule has 0 aliphatic heterocycles. The van der Waals surface area contributed by atoms with Crippen molar-refractivity contribution in [3.8, 4) is 22.7 Å². The zero-order valence-corrected chi connectivity index (χ0v) is 19.3. The molecule has 0 amide bonds. The molecule has 0 spiro atoms. The van der Waals surface area contributed by atoms with Gasteiger partial charge in [-0.05, 0) is 74.4 Å². The molecule has 0 bridgehead atoms. The van der Waals surface area contributed by atoms with Crippen molar-refractivity contribution in [3.63, 3.8) is 0 Å². The molecular formula is C28H27FN2O2. The summed E-state index contributed by atoms with van der Waals surface area (Å²) in [5.74, 6) is 0.535. The van der Waals surface area contributed by atoms with Crippen molar-refractivity contribution in [2.24, 2.45) is 5.16 Å². The molecular weight excluding hydrogens is 415 g/mol. The summed E-state index contributed by atoms with van der Waals surface area (Å²) in [7, 11) is 1.67. The summed E-state index contributed by atoms with van der Waals surface area (Å²) in [6.45, 7) is 6.38. The highest BCUT2D eigenvalue weighted by atomic mass is 19.1. The van der Waals surface area contributed by atoms with Gasteiger partial charge in [-0.25, -0.2) is 4.39 Å². The summed E-state index contributed by atoms with van der Waals surface area (Å²) in [5, 5.41) is 4.35. The fraction of sp³-hybridized carbons (Fsp3) is 0.179. The van der Waals surface area contributed by atoms with E-state index in [9.17, 15) is 4.39 Å². The topological polar surface area (TPSA) is 35.8 Å². The first-order valence-electron chi connectivity index (χ1n) is 10.8. The molecule has 0 aliphatic rings.